The number of para-hydroxylation sites is 1. The van der Waals surface area contributed by atoms with E-state index in [1.165, 1.54) is 6.07 Å². The van der Waals surface area contributed by atoms with Crippen LogP contribution in [-0.4, -0.2) is 42.8 Å². The van der Waals surface area contributed by atoms with Crippen LogP contribution in [0.3, 0.4) is 0 Å². The van der Waals surface area contributed by atoms with Crippen LogP contribution < -0.4 is 14.4 Å². The average Bonchev–Trinajstić information content (AvgIpc) is 3.27. The molecule has 8 heteroatoms. The molecule has 2 aromatic rings. The van der Waals surface area contributed by atoms with E-state index in [0.29, 0.717) is 29.6 Å². The molecule has 1 unspecified atom stereocenters. The molecule has 3 aliphatic heterocycles. The fourth-order valence-electron chi connectivity index (χ4n) is 4.94. The van der Waals surface area contributed by atoms with E-state index in [-0.39, 0.29) is 17.1 Å². The molecular weight excluding hydrogens is 447 g/mol. The minimum atomic E-state index is -1.28. The maximum atomic E-state index is 14.6. The van der Waals surface area contributed by atoms with E-state index in [1.54, 1.807) is 24.0 Å². The van der Waals surface area contributed by atoms with Gasteiger partial charge in [-0.3, -0.25) is 0 Å². The van der Waals surface area contributed by atoms with E-state index in [1.807, 2.05) is 39.0 Å². The number of fused-ring (bicyclic) bond motifs is 1. The maximum absolute atomic E-state index is 14.6. The molecule has 5 rings (SSSR count). The van der Waals surface area contributed by atoms with E-state index in [9.17, 15) is 9.18 Å². The van der Waals surface area contributed by atoms with Crippen LogP contribution in [0.5, 0.6) is 11.5 Å². The maximum Gasteiger partial charge on any atom is 0.410 e. The third kappa shape index (κ3) is 3.97. The van der Waals surface area contributed by atoms with Crippen LogP contribution in [0.1, 0.15) is 39.7 Å². The number of ether oxygens (including phenoxy) is 3. The number of rotatable bonds is 2. The molecule has 1 amide bonds. The second-order valence-electron chi connectivity index (χ2n) is 10.4. The Morgan fingerprint density at radius 1 is 1.15 bits per heavy atom. The normalized spacial score (nSPS) is 23.1. The highest BCUT2D eigenvalue weighted by Gasteiger charge is 2.51. The van der Waals surface area contributed by atoms with Crippen LogP contribution in [0.15, 0.2) is 36.4 Å². The number of hydrogen-bond acceptors (Lipinski definition) is 5. The fourth-order valence-corrected chi connectivity index (χ4v) is 5.10. The summed E-state index contributed by atoms with van der Waals surface area (Å²) in [6.45, 7) is 10.3. The van der Waals surface area contributed by atoms with Gasteiger partial charge in [0.2, 0.25) is 0 Å². The first-order chi connectivity index (χ1) is 15.5. The Hall–Kier alpha value is -2.67. The Bertz CT molecular complexity index is 1110. The number of amides is 1. The molecule has 2 aromatic carbocycles. The molecule has 1 spiro atoms. The zero-order valence-electron chi connectivity index (χ0n) is 19.3. The lowest BCUT2D eigenvalue weighted by Gasteiger charge is -2.49. The van der Waals surface area contributed by atoms with Gasteiger partial charge in [0, 0.05) is 43.5 Å². The Morgan fingerprint density at radius 2 is 1.91 bits per heavy atom. The molecule has 0 saturated carbocycles. The number of anilines is 1. The highest BCUT2D eigenvalue weighted by molar-refractivity contribution is 6.30. The lowest BCUT2D eigenvalue weighted by atomic mass is 9.78. The molecule has 2 saturated heterocycles. The fraction of sp³-hybridized carbons (Fsp3) is 0.480. The number of nitrogens with zero attached hydrogens (tertiary/aromatic N) is 2. The van der Waals surface area contributed by atoms with Crippen molar-refractivity contribution in [2.45, 2.75) is 45.5 Å². The van der Waals surface area contributed by atoms with E-state index < -0.39 is 17.2 Å². The molecule has 33 heavy (non-hydrogen) atoms. The van der Waals surface area contributed by atoms with E-state index in [2.05, 4.69) is 4.90 Å². The summed E-state index contributed by atoms with van der Waals surface area (Å²) in [7, 11) is 0. The number of carbonyl (C=O) groups excluding carboxylic acids is 1. The average molecular weight is 475 g/mol. The van der Waals surface area contributed by atoms with Crippen molar-refractivity contribution in [3.63, 3.8) is 0 Å². The van der Waals surface area contributed by atoms with Crippen LogP contribution in [0.4, 0.5) is 14.9 Å². The first kappa shape index (κ1) is 22.1. The number of benzene rings is 2. The number of hydrogen-bond donors (Lipinski definition) is 0. The lowest BCUT2D eigenvalue weighted by Crippen LogP contribution is -2.58. The minimum Gasteiger partial charge on any atom is -0.444 e. The van der Waals surface area contributed by atoms with Gasteiger partial charge in [-0.25, -0.2) is 9.18 Å². The van der Waals surface area contributed by atoms with Crippen molar-refractivity contribution in [1.82, 2.24) is 4.90 Å². The van der Waals surface area contributed by atoms with Crippen LogP contribution in [0.25, 0.3) is 0 Å². The summed E-state index contributed by atoms with van der Waals surface area (Å²) in [6.07, 6.45) is 0.680. The summed E-state index contributed by atoms with van der Waals surface area (Å²) in [5.41, 5.74) is 0.742. The van der Waals surface area contributed by atoms with Crippen LogP contribution >= 0.6 is 11.6 Å². The smallest absolute Gasteiger partial charge is 0.410 e. The van der Waals surface area contributed by atoms with Crippen molar-refractivity contribution < 1.29 is 23.4 Å². The Labute approximate surface area is 198 Å². The second-order valence-corrected chi connectivity index (χ2v) is 10.8. The van der Waals surface area contributed by atoms with Gasteiger partial charge < -0.3 is 24.0 Å². The largest absolute Gasteiger partial charge is 0.444 e. The Kier molecular flexibility index (Phi) is 4.98. The van der Waals surface area contributed by atoms with Crippen molar-refractivity contribution >= 4 is 23.4 Å². The molecule has 0 N–H and O–H groups in total. The molecule has 2 fully saturated rings. The number of likely N-dealkylation sites (tertiary alicyclic amines) is 1. The van der Waals surface area contributed by atoms with Crippen molar-refractivity contribution in [2.75, 3.05) is 31.1 Å². The topological polar surface area (TPSA) is 51.2 Å². The molecule has 1 atom stereocenters. The van der Waals surface area contributed by atoms with Gasteiger partial charge in [0.05, 0.1) is 11.3 Å². The van der Waals surface area contributed by atoms with Crippen LogP contribution in [0.2, 0.25) is 5.02 Å². The van der Waals surface area contributed by atoms with Gasteiger partial charge in [-0.05, 0) is 57.5 Å². The Morgan fingerprint density at radius 3 is 2.61 bits per heavy atom. The summed E-state index contributed by atoms with van der Waals surface area (Å²) in [5.74, 6) is -0.579. The van der Waals surface area contributed by atoms with Gasteiger partial charge in [-0.1, -0.05) is 17.7 Å². The molecule has 3 aliphatic rings. The van der Waals surface area contributed by atoms with Gasteiger partial charge >= 0.3 is 6.09 Å². The third-order valence-electron chi connectivity index (χ3n) is 6.46. The van der Waals surface area contributed by atoms with Gasteiger partial charge in [-0.2, -0.15) is 0 Å². The van der Waals surface area contributed by atoms with Gasteiger partial charge in [-0.15, -0.1) is 0 Å². The first-order valence-electron chi connectivity index (χ1n) is 11.2. The summed E-state index contributed by atoms with van der Waals surface area (Å²) in [5, 5.41) is 0.318. The monoisotopic (exact) mass is 474 g/mol. The predicted molar refractivity (Wildman–Crippen MR) is 124 cm³/mol. The zero-order chi connectivity index (χ0) is 23.6. The molecule has 0 radical (unpaired) electrons. The van der Waals surface area contributed by atoms with Crippen LogP contribution in [0, 0.1) is 11.2 Å². The van der Waals surface area contributed by atoms with E-state index in [4.69, 9.17) is 25.8 Å². The summed E-state index contributed by atoms with van der Waals surface area (Å²) < 4.78 is 32.4. The molecule has 0 aromatic heterocycles. The molecule has 0 bridgehead atoms. The van der Waals surface area contributed by atoms with E-state index in [0.717, 1.165) is 25.2 Å². The minimum absolute atomic E-state index is 0.0463. The van der Waals surface area contributed by atoms with Gasteiger partial charge in [0.1, 0.15) is 11.4 Å². The molecule has 0 aliphatic carbocycles. The molecule has 3 heterocycles. The third-order valence-corrected chi connectivity index (χ3v) is 6.70. The number of halogens is 2. The van der Waals surface area contributed by atoms with Crippen LogP contribution in [-0.2, 0) is 10.5 Å². The second kappa shape index (κ2) is 7.42. The van der Waals surface area contributed by atoms with E-state index >= 15 is 0 Å². The van der Waals surface area contributed by atoms with Crippen molar-refractivity contribution in [2.24, 2.45) is 5.41 Å². The first-order valence-corrected chi connectivity index (χ1v) is 11.5. The lowest BCUT2D eigenvalue weighted by molar-refractivity contribution is -0.0706. The highest BCUT2D eigenvalue weighted by atomic mass is 35.5. The van der Waals surface area contributed by atoms with Crippen molar-refractivity contribution in [3.05, 3.63) is 52.8 Å². The van der Waals surface area contributed by atoms with Crippen molar-refractivity contribution in [1.29, 1.82) is 0 Å². The summed E-state index contributed by atoms with van der Waals surface area (Å²) in [4.78, 5) is 16.5. The van der Waals surface area contributed by atoms with Crippen molar-refractivity contribution in [3.8, 4) is 11.5 Å². The predicted octanol–water partition coefficient (Wildman–Crippen LogP) is 5.57. The van der Waals surface area contributed by atoms with Gasteiger partial charge in [0.15, 0.2) is 11.5 Å². The SMILES string of the molecule is CC(C)(C)OC(=O)N1CCC2(C1)CN(c1cccc3c1OC(C)(c1ccc(Cl)cc1F)O3)C2. The Balaban J connectivity index is 1.30. The molecule has 176 valence electrons. The summed E-state index contributed by atoms with van der Waals surface area (Å²) >= 11 is 5.91. The van der Waals surface area contributed by atoms with Gasteiger partial charge in [0.25, 0.3) is 5.79 Å². The molecule has 6 nitrogen and oxygen atoms in total. The summed E-state index contributed by atoms with van der Waals surface area (Å²) in [6, 6.07) is 10.2. The quantitative estimate of drug-likeness (QED) is 0.569. The number of carbonyl (C=O) groups is 1. The molecular formula is C25H28ClFN2O4. The zero-order valence-corrected chi connectivity index (χ0v) is 20.0. The standard InChI is InChI=1S/C25H28ClFN2O4/c1-23(2,3)33-22(30)28-11-10-25(13-28)14-29(15-25)19-6-5-7-20-21(19)32-24(4,31-20)17-9-8-16(26)12-18(17)27/h5-9,12H,10-11,13-15H2,1-4H3. The highest BCUT2D eigenvalue weighted by Crippen LogP contribution is 2.52.